The molecule has 1 aromatic carbocycles. The number of benzene rings is 1. The molecule has 1 heterocycles. The van der Waals surface area contributed by atoms with Crippen molar-refractivity contribution in [2.45, 2.75) is 50.3 Å². The Balaban J connectivity index is 1.81. The highest BCUT2D eigenvalue weighted by Crippen LogP contribution is 2.47. The van der Waals surface area contributed by atoms with E-state index < -0.39 is 0 Å². The van der Waals surface area contributed by atoms with Gasteiger partial charge in [-0.25, -0.2) is 0 Å². The van der Waals surface area contributed by atoms with Gasteiger partial charge in [-0.2, -0.15) is 0 Å². The Morgan fingerprint density at radius 3 is 2.65 bits per heavy atom. The van der Waals surface area contributed by atoms with Crippen LogP contribution in [0.15, 0.2) is 36.4 Å². The van der Waals surface area contributed by atoms with Crippen molar-refractivity contribution in [2.24, 2.45) is 5.41 Å². The summed E-state index contributed by atoms with van der Waals surface area (Å²) in [5, 5.41) is 1.23. The largest absolute Gasteiger partial charge is 0.253 e. The van der Waals surface area contributed by atoms with Crippen molar-refractivity contribution in [3.8, 4) is 0 Å². The lowest BCUT2D eigenvalue weighted by Gasteiger charge is -2.33. The van der Waals surface area contributed by atoms with Gasteiger partial charge in [0.2, 0.25) is 0 Å². The van der Waals surface area contributed by atoms with E-state index in [1.165, 1.54) is 43.2 Å². The van der Waals surface area contributed by atoms with E-state index in [0.29, 0.717) is 10.2 Å². The van der Waals surface area contributed by atoms with Crippen molar-refractivity contribution >= 4 is 26.8 Å². The molecule has 0 N–H and O–H groups in total. The maximum atomic E-state index is 4.82. The second kappa shape index (κ2) is 5.85. The summed E-state index contributed by atoms with van der Waals surface area (Å²) in [6.45, 7) is 2.34. The maximum absolute atomic E-state index is 4.82. The molecule has 1 fully saturated rings. The number of para-hydroxylation sites is 1. The molecule has 3 rings (SSSR count). The predicted octanol–water partition coefficient (Wildman–Crippen LogP) is 5.51. The first-order valence-corrected chi connectivity index (χ1v) is 8.64. The van der Waals surface area contributed by atoms with E-state index in [0.717, 1.165) is 11.9 Å². The zero-order valence-corrected chi connectivity index (χ0v) is 13.7. The van der Waals surface area contributed by atoms with Gasteiger partial charge in [-0.1, -0.05) is 60.0 Å². The third kappa shape index (κ3) is 2.63. The van der Waals surface area contributed by atoms with Crippen molar-refractivity contribution in [3.63, 3.8) is 0 Å². The fraction of sp³-hybridized carbons (Fsp3) is 0.500. The van der Waals surface area contributed by atoms with Gasteiger partial charge < -0.3 is 0 Å². The molecule has 0 radical (unpaired) electrons. The van der Waals surface area contributed by atoms with Crippen molar-refractivity contribution in [1.29, 1.82) is 0 Å². The molecular formula is C18H22BrN. The SMILES string of the molecule is CCC1(C(Br)Cc2ccc3ccccc3n2)CCCC1. The fourth-order valence-corrected chi connectivity index (χ4v) is 4.70. The first-order chi connectivity index (χ1) is 9.73. The third-order valence-corrected chi connectivity index (χ3v) is 6.31. The minimum absolute atomic E-state index is 0.493. The molecule has 20 heavy (non-hydrogen) atoms. The number of rotatable bonds is 4. The molecular weight excluding hydrogens is 310 g/mol. The number of aromatic nitrogens is 1. The van der Waals surface area contributed by atoms with Crippen LogP contribution in [0.2, 0.25) is 0 Å². The lowest BCUT2D eigenvalue weighted by molar-refractivity contribution is 0.275. The highest BCUT2D eigenvalue weighted by atomic mass is 79.9. The molecule has 1 aliphatic rings. The fourth-order valence-electron chi connectivity index (χ4n) is 3.59. The van der Waals surface area contributed by atoms with Crippen molar-refractivity contribution < 1.29 is 0 Å². The number of fused-ring (bicyclic) bond motifs is 1. The van der Waals surface area contributed by atoms with Gasteiger partial charge in [0.25, 0.3) is 0 Å². The number of alkyl halides is 1. The van der Waals surface area contributed by atoms with Crippen LogP contribution in [0.1, 0.15) is 44.7 Å². The lowest BCUT2D eigenvalue weighted by atomic mass is 9.78. The second-order valence-corrected chi connectivity index (χ2v) is 7.20. The topological polar surface area (TPSA) is 12.9 Å². The molecule has 0 bridgehead atoms. The highest BCUT2D eigenvalue weighted by molar-refractivity contribution is 9.09. The van der Waals surface area contributed by atoms with E-state index in [1.54, 1.807) is 0 Å². The molecule has 106 valence electrons. The number of hydrogen-bond donors (Lipinski definition) is 0. The average molecular weight is 332 g/mol. The number of hydrogen-bond acceptors (Lipinski definition) is 1. The second-order valence-electron chi connectivity index (χ2n) is 6.09. The molecule has 0 amide bonds. The standard InChI is InChI=1S/C18H22BrN/c1-2-18(11-5-6-12-18)17(19)13-15-10-9-14-7-3-4-8-16(14)20-15/h3-4,7-10,17H,2,5-6,11-13H2,1H3. The van der Waals surface area contributed by atoms with E-state index in [1.807, 2.05) is 0 Å². The number of pyridine rings is 1. The zero-order chi connectivity index (χ0) is 14.0. The molecule has 1 unspecified atom stereocenters. The van der Waals surface area contributed by atoms with E-state index in [2.05, 4.69) is 59.3 Å². The Kier molecular flexibility index (Phi) is 4.11. The van der Waals surface area contributed by atoms with Gasteiger partial charge in [-0.05, 0) is 36.8 Å². The summed E-state index contributed by atoms with van der Waals surface area (Å²) in [7, 11) is 0. The summed E-state index contributed by atoms with van der Waals surface area (Å²) in [6.07, 6.45) is 7.83. The van der Waals surface area contributed by atoms with Gasteiger partial charge in [-0.15, -0.1) is 0 Å². The number of nitrogens with zero attached hydrogens (tertiary/aromatic N) is 1. The van der Waals surface area contributed by atoms with Crippen LogP contribution in [0.25, 0.3) is 10.9 Å². The predicted molar refractivity (Wildman–Crippen MR) is 89.4 cm³/mol. The quantitative estimate of drug-likeness (QED) is 0.673. The van der Waals surface area contributed by atoms with Gasteiger partial charge in [0, 0.05) is 22.3 Å². The Morgan fingerprint density at radius 1 is 1.15 bits per heavy atom. The average Bonchev–Trinajstić information content (AvgIpc) is 2.97. The highest BCUT2D eigenvalue weighted by Gasteiger charge is 2.38. The molecule has 1 saturated carbocycles. The third-order valence-electron chi connectivity index (χ3n) is 5.01. The first-order valence-electron chi connectivity index (χ1n) is 7.72. The summed E-state index contributed by atoms with van der Waals surface area (Å²) < 4.78 is 0. The van der Waals surface area contributed by atoms with Crippen LogP contribution in [0.3, 0.4) is 0 Å². The van der Waals surface area contributed by atoms with Crippen LogP contribution in [0.5, 0.6) is 0 Å². The maximum Gasteiger partial charge on any atom is 0.0705 e. The first kappa shape index (κ1) is 14.1. The molecule has 1 aliphatic carbocycles. The molecule has 0 spiro atoms. The summed E-state index contributed by atoms with van der Waals surface area (Å²) in [6, 6.07) is 12.8. The minimum atomic E-state index is 0.493. The Morgan fingerprint density at radius 2 is 1.90 bits per heavy atom. The van der Waals surface area contributed by atoms with E-state index in [-0.39, 0.29) is 0 Å². The van der Waals surface area contributed by atoms with Crippen molar-refractivity contribution in [2.75, 3.05) is 0 Å². The van der Waals surface area contributed by atoms with Gasteiger partial charge in [0.05, 0.1) is 5.52 Å². The van der Waals surface area contributed by atoms with E-state index >= 15 is 0 Å². The Labute approximate surface area is 129 Å². The molecule has 0 saturated heterocycles. The van der Waals surface area contributed by atoms with Crippen LogP contribution in [0, 0.1) is 5.41 Å². The Bertz CT molecular complexity index is 587. The molecule has 1 atom stereocenters. The van der Waals surface area contributed by atoms with E-state index in [9.17, 15) is 0 Å². The smallest absolute Gasteiger partial charge is 0.0705 e. The minimum Gasteiger partial charge on any atom is -0.253 e. The van der Waals surface area contributed by atoms with Crippen molar-refractivity contribution in [1.82, 2.24) is 4.98 Å². The van der Waals surface area contributed by atoms with Gasteiger partial charge in [-0.3, -0.25) is 4.98 Å². The number of halogens is 1. The van der Waals surface area contributed by atoms with Crippen molar-refractivity contribution in [3.05, 3.63) is 42.1 Å². The zero-order valence-electron chi connectivity index (χ0n) is 12.1. The monoisotopic (exact) mass is 331 g/mol. The van der Waals surface area contributed by atoms with Gasteiger partial charge in [0.1, 0.15) is 0 Å². The van der Waals surface area contributed by atoms with Gasteiger partial charge >= 0.3 is 0 Å². The van der Waals surface area contributed by atoms with Crippen LogP contribution in [-0.4, -0.2) is 9.81 Å². The molecule has 1 aromatic heterocycles. The molecule has 1 nitrogen and oxygen atoms in total. The summed E-state index contributed by atoms with van der Waals surface area (Å²) >= 11 is 3.98. The van der Waals surface area contributed by atoms with Crippen LogP contribution in [-0.2, 0) is 6.42 Å². The normalized spacial score (nSPS) is 19.3. The van der Waals surface area contributed by atoms with Crippen LogP contribution in [0.4, 0.5) is 0 Å². The van der Waals surface area contributed by atoms with E-state index in [4.69, 9.17) is 4.98 Å². The summed E-state index contributed by atoms with van der Waals surface area (Å²) in [5.41, 5.74) is 2.82. The molecule has 0 aliphatic heterocycles. The van der Waals surface area contributed by atoms with Crippen LogP contribution < -0.4 is 0 Å². The summed E-state index contributed by atoms with van der Waals surface area (Å²) in [5.74, 6) is 0. The Hall–Kier alpha value is -0.890. The summed E-state index contributed by atoms with van der Waals surface area (Å²) in [4.78, 5) is 5.37. The van der Waals surface area contributed by atoms with Gasteiger partial charge in [0.15, 0.2) is 0 Å². The van der Waals surface area contributed by atoms with Crippen LogP contribution >= 0.6 is 15.9 Å². The molecule has 2 heteroatoms. The lowest BCUT2D eigenvalue weighted by Crippen LogP contribution is -2.29. The molecule has 2 aromatic rings.